The molecule has 17 heavy (non-hydrogen) atoms. The highest BCUT2D eigenvalue weighted by atomic mass is 16.3. The smallest absolute Gasteiger partial charge is 0.220 e. The molecule has 0 aromatic carbocycles. The van der Waals surface area contributed by atoms with Crippen molar-refractivity contribution in [3.05, 3.63) is 30.1 Å². The molecule has 0 unspecified atom stereocenters. The SMILES string of the molecule is CC(=O)N1[C@@H]2CC[C@H]1[C@](O)(c1cccnc1)C2. The van der Waals surface area contributed by atoms with Gasteiger partial charge in [-0.1, -0.05) is 6.07 Å². The molecule has 2 fully saturated rings. The van der Waals surface area contributed by atoms with Crippen molar-refractivity contribution in [3.63, 3.8) is 0 Å². The number of pyridine rings is 1. The van der Waals surface area contributed by atoms with E-state index in [2.05, 4.69) is 4.98 Å². The van der Waals surface area contributed by atoms with Gasteiger partial charge in [0.25, 0.3) is 0 Å². The summed E-state index contributed by atoms with van der Waals surface area (Å²) in [5, 5.41) is 10.8. The highest BCUT2D eigenvalue weighted by Gasteiger charge is 2.56. The molecular weight excluding hydrogens is 216 g/mol. The second kappa shape index (κ2) is 3.53. The van der Waals surface area contributed by atoms with Crippen LogP contribution >= 0.6 is 0 Å². The molecule has 1 amide bonds. The normalized spacial score (nSPS) is 35.3. The Balaban J connectivity index is 1.99. The van der Waals surface area contributed by atoms with E-state index in [1.165, 1.54) is 0 Å². The Morgan fingerprint density at radius 3 is 3.00 bits per heavy atom. The van der Waals surface area contributed by atoms with Gasteiger partial charge in [0, 0.05) is 37.3 Å². The largest absolute Gasteiger partial charge is 0.383 e. The molecule has 4 heteroatoms. The Kier molecular flexibility index (Phi) is 2.23. The Morgan fingerprint density at radius 2 is 2.41 bits per heavy atom. The molecule has 0 radical (unpaired) electrons. The third-order valence-electron chi connectivity index (χ3n) is 4.13. The molecular formula is C13H16N2O2. The van der Waals surface area contributed by atoms with Crippen LogP contribution in [0.5, 0.6) is 0 Å². The van der Waals surface area contributed by atoms with E-state index < -0.39 is 5.60 Å². The van der Waals surface area contributed by atoms with Crippen molar-refractivity contribution in [2.45, 2.75) is 43.9 Å². The van der Waals surface area contributed by atoms with Crippen molar-refractivity contribution in [1.82, 2.24) is 9.88 Å². The molecule has 0 saturated carbocycles. The Morgan fingerprint density at radius 1 is 1.59 bits per heavy atom. The van der Waals surface area contributed by atoms with E-state index in [0.717, 1.165) is 18.4 Å². The maximum atomic E-state index is 11.6. The highest BCUT2D eigenvalue weighted by molar-refractivity contribution is 5.75. The van der Waals surface area contributed by atoms with Crippen molar-refractivity contribution in [2.24, 2.45) is 0 Å². The molecule has 3 atom stereocenters. The van der Waals surface area contributed by atoms with Gasteiger partial charge in [-0.3, -0.25) is 9.78 Å². The Bertz CT molecular complexity index is 448. The molecule has 3 rings (SSSR count). The summed E-state index contributed by atoms with van der Waals surface area (Å²) in [4.78, 5) is 17.5. The van der Waals surface area contributed by atoms with Crippen molar-refractivity contribution in [1.29, 1.82) is 0 Å². The molecule has 0 aliphatic carbocycles. The summed E-state index contributed by atoms with van der Waals surface area (Å²) >= 11 is 0. The first-order valence-corrected chi connectivity index (χ1v) is 6.05. The molecule has 1 aromatic heterocycles. The van der Waals surface area contributed by atoms with E-state index in [0.29, 0.717) is 6.42 Å². The van der Waals surface area contributed by atoms with Gasteiger partial charge in [-0.05, 0) is 18.9 Å². The molecule has 2 saturated heterocycles. The van der Waals surface area contributed by atoms with Gasteiger partial charge in [0.15, 0.2) is 0 Å². The van der Waals surface area contributed by atoms with E-state index in [1.807, 2.05) is 17.0 Å². The number of rotatable bonds is 1. The third kappa shape index (κ3) is 1.40. The van der Waals surface area contributed by atoms with Gasteiger partial charge in [0.05, 0.1) is 6.04 Å². The van der Waals surface area contributed by atoms with Crippen LogP contribution in [0.25, 0.3) is 0 Å². The quantitative estimate of drug-likeness (QED) is 0.787. The van der Waals surface area contributed by atoms with Crippen LogP contribution in [0.2, 0.25) is 0 Å². The Hall–Kier alpha value is -1.42. The number of hydrogen-bond donors (Lipinski definition) is 1. The lowest BCUT2D eigenvalue weighted by Crippen LogP contribution is -2.42. The minimum atomic E-state index is -0.900. The van der Waals surface area contributed by atoms with Gasteiger partial charge < -0.3 is 10.0 Å². The summed E-state index contributed by atoms with van der Waals surface area (Å²) in [6.07, 6.45) is 5.94. The molecule has 2 bridgehead atoms. The third-order valence-corrected chi connectivity index (χ3v) is 4.13. The Labute approximate surface area is 100 Å². The standard InChI is InChI=1S/C13H16N2O2/c1-9(16)15-11-4-5-12(15)13(17,7-11)10-3-2-6-14-8-10/h2-3,6,8,11-12,17H,4-5,7H2,1H3/t11-,12+,13-/m1/s1. The van der Waals surface area contributed by atoms with Gasteiger partial charge in [-0.15, -0.1) is 0 Å². The monoisotopic (exact) mass is 232 g/mol. The summed E-state index contributed by atoms with van der Waals surface area (Å²) in [7, 11) is 0. The second-order valence-corrected chi connectivity index (χ2v) is 5.04. The minimum absolute atomic E-state index is 0.0670. The van der Waals surface area contributed by atoms with E-state index >= 15 is 0 Å². The molecule has 2 aliphatic rings. The molecule has 90 valence electrons. The number of carbonyl (C=O) groups excluding carboxylic acids is 1. The van der Waals surface area contributed by atoms with Crippen LogP contribution in [0.1, 0.15) is 31.7 Å². The zero-order valence-corrected chi connectivity index (χ0v) is 9.84. The number of hydrogen-bond acceptors (Lipinski definition) is 3. The summed E-state index contributed by atoms with van der Waals surface area (Å²) in [6.45, 7) is 1.58. The van der Waals surface area contributed by atoms with Crippen LogP contribution in [0.3, 0.4) is 0 Å². The number of aliphatic hydroxyl groups is 1. The van der Waals surface area contributed by atoms with E-state index in [4.69, 9.17) is 0 Å². The first-order chi connectivity index (χ1) is 8.13. The average molecular weight is 232 g/mol. The molecule has 0 spiro atoms. The van der Waals surface area contributed by atoms with Gasteiger partial charge in [0.1, 0.15) is 5.60 Å². The number of fused-ring (bicyclic) bond motifs is 2. The number of carbonyl (C=O) groups is 1. The average Bonchev–Trinajstić information content (AvgIpc) is 2.85. The van der Waals surface area contributed by atoms with Gasteiger partial charge in [-0.25, -0.2) is 0 Å². The van der Waals surface area contributed by atoms with Crippen LogP contribution in [0.4, 0.5) is 0 Å². The first kappa shape index (κ1) is 10.7. The number of amides is 1. The molecule has 4 nitrogen and oxygen atoms in total. The van der Waals surface area contributed by atoms with Crippen LogP contribution < -0.4 is 0 Å². The van der Waals surface area contributed by atoms with Gasteiger partial charge in [0.2, 0.25) is 5.91 Å². The predicted octanol–water partition coefficient (Wildman–Crippen LogP) is 1.05. The molecule has 2 aliphatic heterocycles. The van der Waals surface area contributed by atoms with E-state index in [-0.39, 0.29) is 18.0 Å². The van der Waals surface area contributed by atoms with Gasteiger partial charge in [-0.2, -0.15) is 0 Å². The van der Waals surface area contributed by atoms with Crippen molar-refractivity contribution < 1.29 is 9.90 Å². The van der Waals surface area contributed by atoms with E-state index in [1.54, 1.807) is 19.3 Å². The lowest BCUT2D eigenvalue weighted by Gasteiger charge is -2.32. The maximum Gasteiger partial charge on any atom is 0.220 e. The van der Waals surface area contributed by atoms with E-state index in [9.17, 15) is 9.90 Å². The second-order valence-electron chi connectivity index (χ2n) is 5.04. The topological polar surface area (TPSA) is 53.4 Å². The summed E-state index contributed by atoms with van der Waals surface area (Å²) in [5.41, 5.74) is -0.0681. The van der Waals surface area contributed by atoms with Crippen LogP contribution in [-0.2, 0) is 10.4 Å². The predicted molar refractivity (Wildman–Crippen MR) is 62.1 cm³/mol. The summed E-state index contributed by atoms with van der Waals surface area (Å²) in [5.74, 6) is 0.0670. The molecule has 1 N–H and O–H groups in total. The number of aromatic nitrogens is 1. The van der Waals surface area contributed by atoms with Crippen LogP contribution in [0, 0.1) is 0 Å². The zero-order chi connectivity index (χ0) is 12.0. The van der Waals surface area contributed by atoms with Crippen molar-refractivity contribution >= 4 is 5.91 Å². The van der Waals surface area contributed by atoms with Gasteiger partial charge >= 0.3 is 0 Å². The fourth-order valence-electron chi connectivity index (χ4n) is 3.45. The maximum absolute atomic E-state index is 11.6. The van der Waals surface area contributed by atoms with Crippen molar-refractivity contribution in [3.8, 4) is 0 Å². The lowest BCUT2D eigenvalue weighted by molar-refractivity contribution is -0.131. The van der Waals surface area contributed by atoms with Crippen LogP contribution in [-0.4, -0.2) is 33.0 Å². The molecule has 1 aromatic rings. The summed E-state index contributed by atoms with van der Waals surface area (Å²) < 4.78 is 0. The molecule has 3 heterocycles. The fraction of sp³-hybridized carbons (Fsp3) is 0.538. The summed E-state index contributed by atoms with van der Waals surface area (Å²) in [6, 6.07) is 3.85. The lowest BCUT2D eigenvalue weighted by atomic mass is 9.80. The first-order valence-electron chi connectivity index (χ1n) is 6.05. The number of nitrogens with zero attached hydrogens (tertiary/aromatic N) is 2. The zero-order valence-electron chi connectivity index (χ0n) is 9.84. The van der Waals surface area contributed by atoms with Crippen LogP contribution in [0.15, 0.2) is 24.5 Å². The van der Waals surface area contributed by atoms with Crippen molar-refractivity contribution in [2.75, 3.05) is 0 Å². The minimum Gasteiger partial charge on any atom is -0.383 e. The fourth-order valence-corrected chi connectivity index (χ4v) is 3.45. The highest BCUT2D eigenvalue weighted by Crippen LogP contribution is 2.49.